The maximum Gasteiger partial charge on any atom is 0.122 e. The summed E-state index contributed by atoms with van der Waals surface area (Å²) < 4.78 is 5.74. The van der Waals surface area contributed by atoms with Crippen LogP contribution in [-0.4, -0.2) is 6.61 Å². The molecule has 0 spiro atoms. The van der Waals surface area contributed by atoms with Crippen molar-refractivity contribution in [3.63, 3.8) is 0 Å². The topological polar surface area (TPSA) is 9.23 Å². The Hall–Kier alpha value is -1.13. The molecule has 0 saturated heterocycles. The van der Waals surface area contributed by atoms with Gasteiger partial charge in [0.05, 0.1) is 6.61 Å². The third-order valence-corrected chi connectivity index (χ3v) is 2.78. The van der Waals surface area contributed by atoms with Crippen LogP contribution in [0.2, 0.25) is 5.02 Å². The molecule has 0 aromatic heterocycles. The highest BCUT2D eigenvalue weighted by molar-refractivity contribution is 6.30. The summed E-state index contributed by atoms with van der Waals surface area (Å²) in [6, 6.07) is 5.80. The summed E-state index contributed by atoms with van der Waals surface area (Å²) in [6.07, 6.45) is 1.84. The molecular formula is C15H19ClO. The molecule has 1 aromatic rings. The van der Waals surface area contributed by atoms with E-state index in [4.69, 9.17) is 16.3 Å². The molecule has 92 valence electrons. The first-order chi connectivity index (χ1) is 8.19. The third kappa shape index (κ3) is 4.32. The fourth-order valence-corrected chi connectivity index (χ4v) is 1.79. The van der Waals surface area contributed by atoms with Gasteiger partial charge in [-0.05, 0) is 43.0 Å². The number of hydrogen-bond donors (Lipinski definition) is 0. The van der Waals surface area contributed by atoms with Gasteiger partial charge in [-0.2, -0.15) is 0 Å². The zero-order valence-electron chi connectivity index (χ0n) is 10.7. The maximum atomic E-state index is 6.04. The number of hydrogen-bond acceptors (Lipinski definition) is 1. The van der Waals surface area contributed by atoms with Gasteiger partial charge in [-0.15, -0.1) is 11.8 Å². The number of halogens is 1. The molecule has 1 rings (SSSR count). The lowest BCUT2D eigenvalue weighted by Crippen LogP contribution is -2.01. The average Bonchev–Trinajstić information content (AvgIpc) is 2.34. The molecule has 0 heterocycles. The monoisotopic (exact) mass is 250 g/mol. The lowest BCUT2D eigenvalue weighted by atomic mass is 9.97. The summed E-state index contributed by atoms with van der Waals surface area (Å²) >= 11 is 6.04. The molecule has 0 bridgehead atoms. The molecule has 0 aliphatic rings. The summed E-state index contributed by atoms with van der Waals surface area (Å²) in [5, 5.41) is 0.750. The van der Waals surface area contributed by atoms with Gasteiger partial charge in [0, 0.05) is 11.4 Å². The normalized spacial score (nSPS) is 11.5. The average molecular weight is 251 g/mol. The van der Waals surface area contributed by atoms with E-state index in [0.717, 1.165) is 35.8 Å². The predicted molar refractivity (Wildman–Crippen MR) is 73.7 cm³/mol. The van der Waals surface area contributed by atoms with Crippen LogP contribution in [0.1, 0.15) is 45.1 Å². The van der Waals surface area contributed by atoms with Crippen LogP contribution >= 0.6 is 11.6 Å². The summed E-state index contributed by atoms with van der Waals surface area (Å²) in [4.78, 5) is 0. The number of ether oxygens (including phenoxy) is 1. The first-order valence-electron chi connectivity index (χ1n) is 6.00. The molecule has 0 aliphatic heterocycles. The first-order valence-corrected chi connectivity index (χ1v) is 6.38. The molecule has 17 heavy (non-hydrogen) atoms. The van der Waals surface area contributed by atoms with Crippen LogP contribution in [0.5, 0.6) is 5.75 Å². The number of rotatable bonds is 5. The van der Waals surface area contributed by atoms with E-state index in [1.165, 1.54) is 0 Å². The van der Waals surface area contributed by atoms with Crippen LogP contribution in [0.4, 0.5) is 0 Å². The zero-order chi connectivity index (χ0) is 12.7. The Morgan fingerprint density at radius 3 is 2.82 bits per heavy atom. The molecule has 0 fully saturated rings. The molecule has 2 heteroatoms. The first kappa shape index (κ1) is 13.9. The van der Waals surface area contributed by atoms with E-state index in [-0.39, 0.29) is 0 Å². The molecule has 0 saturated carbocycles. The van der Waals surface area contributed by atoms with Gasteiger partial charge in [-0.1, -0.05) is 25.4 Å². The second-order valence-corrected chi connectivity index (χ2v) is 4.50. The minimum absolute atomic E-state index is 0.341. The second-order valence-electron chi connectivity index (χ2n) is 4.06. The van der Waals surface area contributed by atoms with E-state index in [2.05, 4.69) is 25.7 Å². The van der Waals surface area contributed by atoms with Crippen LogP contribution in [-0.2, 0) is 0 Å². The van der Waals surface area contributed by atoms with Crippen LogP contribution in [0.3, 0.4) is 0 Å². The van der Waals surface area contributed by atoms with Gasteiger partial charge in [-0.25, -0.2) is 0 Å². The minimum atomic E-state index is 0.341. The quantitative estimate of drug-likeness (QED) is 0.692. The van der Waals surface area contributed by atoms with Crippen molar-refractivity contribution in [2.45, 2.75) is 39.5 Å². The van der Waals surface area contributed by atoms with Crippen molar-refractivity contribution >= 4 is 11.6 Å². The Kier molecular flexibility index (Phi) is 5.94. The Morgan fingerprint density at radius 1 is 1.41 bits per heavy atom. The SMILES string of the molecule is CC#CCC(C)c1cc(Cl)ccc1OCCC. The Morgan fingerprint density at radius 2 is 2.18 bits per heavy atom. The lowest BCUT2D eigenvalue weighted by molar-refractivity contribution is 0.312. The minimum Gasteiger partial charge on any atom is -0.493 e. The second kappa shape index (κ2) is 7.25. The van der Waals surface area contributed by atoms with E-state index >= 15 is 0 Å². The molecule has 1 atom stereocenters. The van der Waals surface area contributed by atoms with Crippen LogP contribution in [0.25, 0.3) is 0 Å². The third-order valence-electron chi connectivity index (χ3n) is 2.55. The standard InChI is InChI=1S/C15H19ClO/c1-4-6-7-12(3)14-11-13(16)8-9-15(14)17-10-5-2/h8-9,11-12H,5,7,10H2,1-3H3. The van der Waals surface area contributed by atoms with Crippen LogP contribution in [0, 0.1) is 11.8 Å². The zero-order valence-corrected chi connectivity index (χ0v) is 11.5. The van der Waals surface area contributed by atoms with Crippen LogP contribution in [0.15, 0.2) is 18.2 Å². The van der Waals surface area contributed by atoms with Crippen molar-refractivity contribution < 1.29 is 4.74 Å². The van der Waals surface area contributed by atoms with E-state index in [1.807, 2.05) is 25.1 Å². The predicted octanol–water partition coefficient (Wildman–Crippen LogP) is 4.65. The van der Waals surface area contributed by atoms with E-state index in [1.54, 1.807) is 0 Å². The molecule has 0 radical (unpaired) electrons. The molecule has 0 aliphatic carbocycles. The van der Waals surface area contributed by atoms with Crippen molar-refractivity contribution in [2.75, 3.05) is 6.61 Å². The largest absolute Gasteiger partial charge is 0.493 e. The van der Waals surface area contributed by atoms with E-state index < -0.39 is 0 Å². The molecule has 0 N–H and O–H groups in total. The molecule has 1 unspecified atom stereocenters. The Bertz CT molecular complexity index is 415. The number of benzene rings is 1. The van der Waals surface area contributed by atoms with Gasteiger partial charge in [0.2, 0.25) is 0 Å². The lowest BCUT2D eigenvalue weighted by Gasteiger charge is -2.15. The highest BCUT2D eigenvalue weighted by Crippen LogP contribution is 2.31. The summed E-state index contributed by atoms with van der Waals surface area (Å²) in [6.45, 7) is 6.84. The fraction of sp³-hybridized carbons (Fsp3) is 0.467. The van der Waals surface area contributed by atoms with Gasteiger partial charge in [0.1, 0.15) is 5.75 Å². The van der Waals surface area contributed by atoms with Gasteiger partial charge in [0.15, 0.2) is 0 Å². The molecule has 0 amide bonds. The summed E-state index contributed by atoms with van der Waals surface area (Å²) in [7, 11) is 0. The maximum absolute atomic E-state index is 6.04. The van der Waals surface area contributed by atoms with Crippen molar-refractivity contribution in [1.82, 2.24) is 0 Å². The van der Waals surface area contributed by atoms with Crippen molar-refractivity contribution in [3.05, 3.63) is 28.8 Å². The van der Waals surface area contributed by atoms with Gasteiger partial charge in [0.25, 0.3) is 0 Å². The highest BCUT2D eigenvalue weighted by atomic mass is 35.5. The van der Waals surface area contributed by atoms with Gasteiger partial charge >= 0.3 is 0 Å². The fourth-order valence-electron chi connectivity index (χ4n) is 1.61. The molecule has 1 aromatic carbocycles. The summed E-state index contributed by atoms with van der Waals surface area (Å²) in [5.74, 6) is 7.30. The highest BCUT2D eigenvalue weighted by Gasteiger charge is 2.11. The molecular weight excluding hydrogens is 232 g/mol. The van der Waals surface area contributed by atoms with Gasteiger partial charge in [-0.3, -0.25) is 0 Å². The van der Waals surface area contributed by atoms with Crippen LogP contribution < -0.4 is 4.74 Å². The molecule has 1 nitrogen and oxygen atoms in total. The Balaban J connectivity index is 2.91. The van der Waals surface area contributed by atoms with Gasteiger partial charge < -0.3 is 4.74 Å². The van der Waals surface area contributed by atoms with Crippen molar-refractivity contribution in [3.8, 4) is 17.6 Å². The van der Waals surface area contributed by atoms with E-state index in [9.17, 15) is 0 Å². The van der Waals surface area contributed by atoms with E-state index in [0.29, 0.717) is 5.92 Å². The summed E-state index contributed by atoms with van der Waals surface area (Å²) in [5.41, 5.74) is 1.15. The Labute approximate surface area is 109 Å². The van der Waals surface area contributed by atoms with Crippen molar-refractivity contribution in [2.24, 2.45) is 0 Å². The van der Waals surface area contributed by atoms with Crippen molar-refractivity contribution in [1.29, 1.82) is 0 Å². The smallest absolute Gasteiger partial charge is 0.122 e.